The number of methoxy groups -OCH3 is 1. The van der Waals surface area contributed by atoms with E-state index in [9.17, 15) is 9.59 Å². The highest BCUT2D eigenvalue weighted by Gasteiger charge is 2.18. The molecular formula is C17H21N3O4. The van der Waals surface area contributed by atoms with Crippen LogP contribution < -0.4 is 0 Å². The molecule has 0 saturated heterocycles. The molecule has 0 fully saturated rings. The second-order valence-corrected chi connectivity index (χ2v) is 6.25. The molecule has 2 aromatic rings. The first-order valence-corrected chi connectivity index (χ1v) is 7.58. The standard InChI is InChI=1S/C17H21N3O4/c1-17(2,3)24-15(21)13-7-5-6-12(10-13)8-9-20-14(16(22)23-4)18-11-19-20/h5-7,10-11H,8-9H2,1-4H3. The maximum atomic E-state index is 12.1. The highest BCUT2D eigenvalue weighted by atomic mass is 16.6. The van der Waals surface area contributed by atoms with Crippen LogP contribution in [0.5, 0.6) is 0 Å². The van der Waals surface area contributed by atoms with Crippen LogP contribution in [0.2, 0.25) is 0 Å². The lowest BCUT2D eigenvalue weighted by molar-refractivity contribution is 0.00692. The van der Waals surface area contributed by atoms with Crippen molar-refractivity contribution >= 4 is 11.9 Å². The summed E-state index contributed by atoms with van der Waals surface area (Å²) < 4.78 is 11.5. The summed E-state index contributed by atoms with van der Waals surface area (Å²) in [5.41, 5.74) is 0.891. The average Bonchev–Trinajstić information content (AvgIpc) is 2.99. The van der Waals surface area contributed by atoms with E-state index in [-0.39, 0.29) is 11.8 Å². The molecule has 0 radical (unpaired) electrons. The second-order valence-electron chi connectivity index (χ2n) is 6.25. The summed E-state index contributed by atoms with van der Waals surface area (Å²) in [6.45, 7) is 5.93. The minimum atomic E-state index is -0.538. The van der Waals surface area contributed by atoms with Gasteiger partial charge in [0.1, 0.15) is 11.9 Å². The monoisotopic (exact) mass is 331 g/mol. The van der Waals surface area contributed by atoms with Crippen LogP contribution in [0, 0.1) is 0 Å². The normalized spacial score (nSPS) is 11.2. The molecule has 2 rings (SSSR count). The molecular weight excluding hydrogens is 310 g/mol. The van der Waals surface area contributed by atoms with Gasteiger partial charge in [-0.2, -0.15) is 5.10 Å². The predicted octanol–water partition coefficient (Wildman–Crippen LogP) is 2.26. The fraction of sp³-hybridized carbons (Fsp3) is 0.412. The molecule has 0 unspecified atom stereocenters. The van der Waals surface area contributed by atoms with Crippen LogP contribution in [-0.2, 0) is 22.4 Å². The first-order valence-electron chi connectivity index (χ1n) is 7.58. The van der Waals surface area contributed by atoms with Crippen molar-refractivity contribution in [1.82, 2.24) is 14.8 Å². The molecule has 7 heteroatoms. The Morgan fingerprint density at radius 1 is 1.21 bits per heavy atom. The van der Waals surface area contributed by atoms with Crippen LogP contribution in [0.3, 0.4) is 0 Å². The van der Waals surface area contributed by atoms with Gasteiger partial charge in [0.15, 0.2) is 0 Å². The minimum Gasteiger partial charge on any atom is -0.463 e. The third-order valence-corrected chi connectivity index (χ3v) is 3.16. The van der Waals surface area contributed by atoms with Gasteiger partial charge in [0.25, 0.3) is 0 Å². The third kappa shape index (κ3) is 4.65. The molecule has 1 heterocycles. The van der Waals surface area contributed by atoms with Gasteiger partial charge in [0, 0.05) is 6.54 Å². The van der Waals surface area contributed by atoms with Crippen molar-refractivity contribution in [3.63, 3.8) is 0 Å². The molecule has 0 atom stereocenters. The zero-order chi connectivity index (χ0) is 17.7. The number of carbonyl (C=O) groups is 2. The van der Waals surface area contributed by atoms with Gasteiger partial charge in [-0.3, -0.25) is 0 Å². The summed E-state index contributed by atoms with van der Waals surface area (Å²) in [4.78, 5) is 27.6. The van der Waals surface area contributed by atoms with Gasteiger partial charge in [-0.25, -0.2) is 19.3 Å². The number of hydrogen-bond acceptors (Lipinski definition) is 6. The Bertz CT molecular complexity index is 731. The largest absolute Gasteiger partial charge is 0.463 e. The van der Waals surface area contributed by atoms with E-state index in [1.54, 1.807) is 18.2 Å². The quantitative estimate of drug-likeness (QED) is 0.782. The predicted molar refractivity (Wildman–Crippen MR) is 86.7 cm³/mol. The highest BCUT2D eigenvalue weighted by molar-refractivity contribution is 5.89. The zero-order valence-corrected chi connectivity index (χ0v) is 14.3. The Balaban J connectivity index is 2.07. The SMILES string of the molecule is COC(=O)c1ncnn1CCc1cccc(C(=O)OC(C)(C)C)c1. The van der Waals surface area contributed by atoms with Crippen LogP contribution in [0.15, 0.2) is 30.6 Å². The van der Waals surface area contributed by atoms with Crippen LogP contribution in [0.25, 0.3) is 0 Å². The van der Waals surface area contributed by atoms with Crippen LogP contribution in [-0.4, -0.2) is 39.4 Å². The molecule has 1 aromatic carbocycles. The number of nitrogens with zero attached hydrogens (tertiary/aromatic N) is 3. The molecule has 7 nitrogen and oxygen atoms in total. The van der Waals surface area contributed by atoms with Crippen LogP contribution >= 0.6 is 0 Å². The Hall–Kier alpha value is -2.70. The number of aryl methyl sites for hydroxylation is 2. The Kier molecular flexibility index (Phi) is 5.33. The van der Waals surface area contributed by atoms with Crippen molar-refractivity contribution < 1.29 is 19.1 Å². The molecule has 0 saturated carbocycles. The first-order chi connectivity index (χ1) is 11.3. The van der Waals surface area contributed by atoms with E-state index in [2.05, 4.69) is 14.8 Å². The summed E-state index contributed by atoms with van der Waals surface area (Å²) in [6.07, 6.45) is 1.90. The topological polar surface area (TPSA) is 83.3 Å². The maximum Gasteiger partial charge on any atom is 0.375 e. The van der Waals surface area contributed by atoms with Crippen LogP contribution in [0.4, 0.5) is 0 Å². The van der Waals surface area contributed by atoms with Crippen molar-refractivity contribution in [1.29, 1.82) is 0 Å². The van der Waals surface area contributed by atoms with Crippen LogP contribution in [0.1, 0.15) is 47.3 Å². The van der Waals surface area contributed by atoms with E-state index >= 15 is 0 Å². The summed E-state index contributed by atoms with van der Waals surface area (Å²) in [6, 6.07) is 7.20. The van der Waals surface area contributed by atoms with Gasteiger partial charge in [-0.1, -0.05) is 12.1 Å². The third-order valence-electron chi connectivity index (χ3n) is 3.16. The van der Waals surface area contributed by atoms with Crippen molar-refractivity contribution in [3.05, 3.63) is 47.5 Å². The van der Waals surface area contributed by atoms with E-state index in [0.717, 1.165) is 5.56 Å². The van der Waals surface area contributed by atoms with E-state index in [1.165, 1.54) is 18.1 Å². The lowest BCUT2D eigenvalue weighted by Gasteiger charge is -2.19. The molecule has 0 amide bonds. The summed E-state index contributed by atoms with van der Waals surface area (Å²) >= 11 is 0. The smallest absolute Gasteiger partial charge is 0.375 e. The summed E-state index contributed by atoms with van der Waals surface area (Å²) in [5, 5.41) is 4.02. The van der Waals surface area contributed by atoms with Gasteiger partial charge in [-0.05, 0) is 44.9 Å². The number of ether oxygens (including phenoxy) is 2. The van der Waals surface area contributed by atoms with Gasteiger partial charge in [0.05, 0.1) is 12.7 Å². The number of carbonyl (C=O) groups excluding carboxylic acids is 2. The van der Waals surface area contributed by atoms with Gasteiger partial charge in [0.2, 0.25) is 5.82 Å². The van der Waals surface area contributed by atoms with Crippen molar-refractivity contribution in [3.8, 4) is 0 Å². The number of rotatable bonds is 5. The number of esters is 2. The fourth-order valence-corrected chi connectivity index (χ4v) is 2.10. The number of aromatic nitrogens is 3. The molecule has 128 valence electrons. The van der Waals surface area contributed by atoms with E-state index < -0.39 is 11.6 Å². The lowest BCUT2D eigenvalue weighted by Crippen LogP contribution is -2.24. The zero-order valence-electron chi connectivity index (χ0n) is 14.3. The first kappa shape index (κ1) is 17.7. The molecule has 1 aromatic heterocycles. The lowest BCUT2D eigenvalue weighted by atomic mass is 10.1. The van der Waals surface area contributed by atoms with Crippen molar-refractivity contribution in [2.24, 2.45) is 0 Å². The average molecular weight is 331 g/mol. The molecule has 0 spiro atoms. The number of benzene rings is 1. The van der Waals surface area contributed by atoms with Crippen molar-refractivity contribution in [2.75, 3.05) is 7.11 Å². The van der Waals surface area contributed by atoms with Crippen molar-refractivity contribution in [2.45, 2.75) is 39.3 Å². The molecule has 0 N–H and O–H groups in total. The summed E-state index contributed by atoms with van der Waals surface area (Å²) in [5.74, 6) is -0.740. The van der Waals surface area contributed by atoms with E-state index in [1.807, 2.05) is 26.8 Å². The Morgan fingerprint density at radius 2 is 1.96 bits per heavy atom. The molecule has 0 aliphatic rings. The van der Waals surface area contributed by atoms with Gasteiger partial charge >= 0.3 is 11.9 Å². The van der Waals surface area contributed by atoms with Gasteiger partial charge < -0.3 is 9.47 Å². The molecule has 0 aliphatic heterocycles. The molecule has 0 aliphatic carbocycles. The number of hydrogen-bond donors (Lipinski definition) is 0. The molecule has 0 bridgehead atoms. The Labute approximate surface area is 140 Å². The van der Waals surface area contributed by atoms with E-state index in [4.69, 9.17) is 4.74 Å². The molecule has 24 heavy (non-hydrogen) atoms. The maximum absolute atomic E-state index is 12.1. The second kappa shape index (κ2) is 7.25. The Morgan fingerprint density at radius 3 is 2.62 bits per heavy atom. The fourth-order valence-electron chi connectivity index (χ4n) is 2.10. The minimum absolute atomic E-state index is 0.154. The van der Waals surface area contributed by atoms with E-state index in [0.29, 0.717) is 18.5 Å². The van der Waals surface area contributed by atoms with Gasteiger partial charge in [-0.15, -0.1) is 0 Å². The summed E-state index contributed by atoms with van der Waals surface area (Å²) in [7, 11) is 1.30. The highest BCUT2D eigenvalue weighted by Crippen LogP contribution is 2.14.